The molecule has 3 nitrogen and oxygen atoms in total. The fourth-order valence-electron chi connectivity index (χ4n) is 2.08. The molecule has 0 radical (unpaired) electrons. The highest BCUT2D eigenvalue weighted by Gasteiger charge is 2.15. The molecule has 0 unspecified atom stereocenters. The highest BCUT2D eigenvalue weighted by atomic mass is 32.1. The number of hydrogen-bond donors (Lipinski definition) is 1. The van der Waals surface area contributed by atoms with Crippen molar-refractivity contribution in [2.24, 2.45) is 0 Å². The number of thiophene rings is 1. The molecule has 2 aromatic rings. The number of nitrogens with two attached hydrogens (primary N) is 1. The maximum atomic E-state index is 5.89. The van der Waals surface area contributed by atoms with Crippen LogP contribution < -0.4 is 5.73 Å². The summed E-state index contributed by atoms with van der Waals surface area (Å²) in [5.41, 5.74) is 6.89. The SMILES string of the molecule is CCCCCCCc1onc(N)c1-c1cccs1. The zero-order chi connectivity index (χ0) is 12.8. The third kappa shape index (κ3) is 3.13. The van der Waals surface area contributed by atoms with Crippen LogP contribution in [0.5, 0.6) is 0 Å². The number of unbranched alkanes of at least 4 members (excludes halogenated alkanes) is 4. The molecule has 98 valence electrons. The number of nitrogen functional groups attached to an aromatic ring is 1. The summed E-state index contributed by atoms with van der Waals surface area (Å²) in [6.45, 7) is 2.23. The predicted octanol–water partition coefficient (Wildman–Crippen LogP) is 4.50. The second-order valence-corrected chi connectivity index (χ2v) is 5.46. The van der Waals surface area contributed by atoms with Crippen LogP contribution in [0.1, 0.15) is 44.8 Å². The fourth-order valence-corrected chi connectivity index (χ4v) is 2.88. The lowest BCUT2D eigenvalue weighted by molar-refractivity contribution is 0.382. The molecule has 0 aromatic carbocycles. The lowest BCUT2D eigenvalue weighted by Crippen LogP contribution is -1.90. The van der Waals surface area contributed by atoms with Crippen molar-refractivity contribution in [3.8, 4) is 10.4 Å². The Morgan fingerprint density at radius 2 is 2.11 bits per heavy atom. The van der Waals surface area contributed by atoms with Crippen molar-refractivity contribution >= 4 is 17.2 Å². The molecule has 0 aliphatic rings. The Kier molecular flexibility index (Phi) is 4.81. The Morgan fingerprint density at radius 1 is 1.28 bits per heavy atom. The summed E-state index contributed by atoms with van der Waals surface area (Å²) in [6, 6.07) is 4.09. The molecule has 2 aromatic heterocycles. The van der Waals surface area contributed by atoms with Gasteiger partial charge in [0.2, 0.25) is 0 Å². The lowest BCUT2D eigenvalue weighted by Gasteiger charge is -2.00. The smallest absolute Gasteiger partial charge is 0.175 e. The molecule has 2 heterocycles. The first-order chi connectivity index (χ1) is 8.83. The van der Waals surface area contributed by atoms with Gasteiger partial charge in [0, 0.05) is 11.3 Å². The second-order valence-electron chi connectivity index (χ2n) is 4.51. The van der Waals surface area contributed by atoms with E-state index >= 15 is 0 Å². The normalized spacial score (nSPS) is 10.9. The first-order valence-electron chi connectivity index (χ1n) is 6.60. The molecule has 4 heteroatoms. The fraction of sp³-hybridized carbons (Fsp3) is 0.500. The van der Waals surface area contributed by atoms with E-state index in [2.05, 4.69) is 18.1 Å². The van der Waals surface area contributed by atoms with Gasteiger partial charge in [-0.15, -0.1) is 11.3 Å². The zero-order valence-electron chi connectivity index (χ0n) is 10.8. The molecule has 0 aliphatic heterocycles. The quantitative estimate of drug-likeness (QED) is 0.749. The van der Waals surface area contributed by atoms with Crippen molar-refractivity contribution in [1.82, 2.24) is 5.16 Å². The van der Waals surface area contributed by atoms with E-state index in [9.17, 15) is 0 Å². The van der Waals surface area contributed by atoms with Crippen LogP contribution in [0.3, 0.4) is 0 Å². The summed E-state index contributed by atoms with van der Waals surface area (Å²) >= 11 is 1.68. The van der Waals surface area contributed by atoms with Gasteiger partial charge in [0.05, 0.1) is 5.56 Å². The van der Waals surface area contributed by atoms with Gasteiger partial charge in [0.25, 0.3) is 0 Å². The first kappa shape index (κ1) is 13.1. The molecular weight excluding hydrogens is 244 g/mol. The van der Waals surface area contributed by atoms with E-state index in [1.807, 2.05) is 11.4 Å². The Bertz CT molecular complexity index is 462. The number of aryl methyl sites for hydroxylation is 1. The van der Waals surface area contributed by atoms with E-state index in [0.717, 1.165) is 29.0 Å². The lowest BCUT2D eigenvalue weighted by atomic mass is 10.1. The molecule has 0 saturated heterocycles. The van der Waals surface area contributed by atoms with Crippen LogP contribution >= 0.6 is 11.3 Å². The van der Waals surface area contributed by atoms with Gasteiger partial charge in [-0.05, 0) is 17.9 Å². The minimum absolute atomic E-state index is 0.515. The van der Waals surface area contributed by atoms with Crippen LogP contribution in [0.4, 0.5) is 5.82 Å². The van der Waals surface area contributed by atoms with Crippen molar-refractivity contribution in [2.75, 3.05) is 5.73 Å². The van der Waals surface area contributed by atoms with Gasteiger partial charge in [-0.2, -0.15) is 0 Å². The minimum atomic E-state index is 0.515. The topological polar surface area (TPSA) is 52.0 Å². The number of anilines is 1. The van der Waals surface area contributed by atoms with Gasteiger partial charge in [-0.25, -0.2) is 0 Å². The minimum Gasteiger partial charge on any atom is -0.380 e. The van der Waals surface area contributed by atoms with Crippen molar-refractivity contribution < 1.29 is 4.52 Å². The summed E-state index contributed by atoms with van der Waals surface area (Å²) in [4.78, 5) is 1.15. The Morgan fingerprint density at radius 3 is 2.83 bits per heavy atom. The van der Waals surface area contributed by atoms with Crippen LogP contribution in [0, 0.1) is 0 Å². The molecule has 0 amide bonds. The van der Waals surface area contributed by atoms with Gasteiger partial charge >= 0.3 is 0 Å². The Labute approximate surface area is 112 Å². The van der Waals surface area contributed by atoms with Crippen LogP contribution in [0.2, 0.25) is 0 Å². The van der Waals surface area contributed by atoms with Crippen molar-refractivity contribution in [3.63, 3.8) is 0 Å². The summed E-state index contributed by atoms with van der Waals surface area (Å²) in [6.07, 6.45) is 7.22. The Balaban J connectivity index is 1.97. The van der Waals surface area contributed by atoms with Gasteiger partial charge < -0.3 is 10.3 Å². The number of nitrogens with zero attached hydrogens (tertiary/aromatic N) is 1. The molecule has 0 spiro atoms. The maximum Gasteiger partial charge on any atom is 0.175 e. The highest BCUT2D eigenvalue weighted by Crippen LogP contribution is 2.33. The third-order valence-electron chi connectivity index (χ3n) is 3.06. The van der Waals surface area contributed by atoms with Gasteiger partial charge in [0.1, 0.15) is 5.76 Å². The van der Waals surface area contributed by atoms with Crippen molar-refractivity contribution in [2.45, 2.75) is 45.4 Å². The van der Waals surface area contributed by atoms with Crippen LogP contribution in [0.15, 0.2) is 22.0 Å². The standard InChI is InChI=1S/C14H20N2OS/c1-2-3-4-5-6-8-11-13(14(15)16-17-11)12-9-7-10-18-12/h7,9-10H,2-6,8H2,1H3,(H2,15,16). The first-order valence-corrected chi connectivity index (χ1v) is 7.48. The summed E-state index contributed by atoms with van der Waals surface area (Å²) in [7, 11) is 0. The van der Waals surface area contributed by atoms with Crippen molar-refractivity contribution in [1.29, 1.82) is 0 Å². The molecule has 0 saturated carbocycles. The monoisotopic (exact) mass is 264 g/mol. The molecule has 0 aliphatic carbocycles. The van der Waals surface area contributed by atoms with Gasteiger partial charge in [0.15, 0.2) is 5.82 Å². The van der Waals surface area contributed by atoms with Crippen LogP contribution in [-0.4, -0.2) is 5.16 Å². The third-order valence-corrected chi connectivity index (χ3v) is 3.95. The highest BCUT2D eigenvalue weighted by molar-refractivity contribution is 7.13. The van der Waals surface area contributed by atoms with Gasteiger partial charge in [-0.1, -0.05) is 43.8 Å². The van der Waals surface area contributed by atoms with Crippen molar-refractivity contribution in [3.05, 3.63) is 23.3 Å². The Hall–Kier alpha value is -1.29. The number of hydrogen-bond acceptors (Lipinski definition) is 4. The largest absolute Gasteiger partial charge is 0.380 e. The summed E-state index contributed by atoms with van der Waals surface area (Å²) in [5, 5.41) is 5.95. The van der Waals surface area contributed by atoms with Crippen LogP contribution in [0.25, 0.3) is 10.4 Å². The molecule has 2 rings (SSSR count). The molecule has 0 atom stereocenters. The zero-order valence-corrected chi connectivity index (χ0v) is 11.6. The van der Waals surface area contributed by atoms with Crippen LogP contribution in [-0.2, 0) is 6.42 Å². The van der Waals surface area contributed by atoms with E-state index in [1.165, 1.54) is 25.7 Å². The maximum absolute atomic E-state index is 5.89. The number of rotatable bonds is 7. The van der Waals surface area contributed by atoms with E-state index in [1.54, 1.807) is 11.3 Å². The molecule has 0 bridgehead atoms. The van der Waals surface area contributed by atoms with E-state index in [-0.39, 0.29) is 0 Å². The average Bonchev–Trinajstić information content (AvgIpc) is 2.98. The second kappa shape index (κ2) is 6.59. The summed E-state index contributed by atoms with van der Waals surface area (Å²) in [5.74, 6) is 1.45. The van der Waals surface area contributed by atoms with Gasteiger partial charge in [-0.3, -0.25) is 0 Å². The van der Waals surface area contributed by atoms with E-state index in [0.29, 0.717) is 5.82 Å². The average molecular weight is 264 g/mol. The number of aromatic nitrogens is 1. The predicted molar refractivity (Wildman–Crippen MR) is 76.7 cm³/mol. The molecule has 0 fully saturated rings. The molecule has 2 N–H and O–H groups in total. The van der Waals surface area contributed by atoms with E-state index < -0.39 is 0 Å². The molecule has 18 heavy (non-hydrogen) atoms. The summed E-state index contributed by atoms with van der Waals surface area (Å²) < 4.78 is 5.36. The molecular formula is C14H20N2OS. The van der Waals surface area contributed by atoms with E-state index in [4.69, 9.17) is 10.3 Å².